The van der Waals surface area contributed by atoms with E-state index in [4.69, 9.17) is 4.74 Å². The van der Waals surface area contributed by atoms with Crippen molar-refractivity contribution in [3.63, 3.8) is 0 Å². The number of methoxy groups -OCH3 is 1. The Bertz CT molecular complexity index is 492. The molecule has 0 amide bonds. The van der Waals surface area contributed by atoms with Gasteiger partial charge in [-0.05, 0) is 24.5 Å². The Balaban J connectivity index is 2.23. The summed E-state index contributed by atoms with van der Waals surface area (Å²) < 4.78 is 5.47. The molecule has 1 saturated heterocycles. The van der Waals surface area contributed by atoms with Crippen molar-refractivity contribution in [3.8, 4) is 0 Å². The normalized spacial score (nSPS) is 22.9. The fraction of sp³-hybridized carbons (Fsp3) is 0.571. The van der Waals surface area contributed by atoms with Crippen LogP contribution in [0.1, 0.15) is 18.9 Å². The molecule has 0 radical (unpaired) electrons. The molecule has 0 aromatic heterocycles. The summed E-state index contributed by atoms with van der Waals surface area (Å²) >= 11 is 0. The van der Waals surface area contributed by atoms with Crippen molar-refractivity contribution in [2.24, 2.45) is 5.92 Å². The Hall–Kier alpha value is -1.66. The Morgan fingerprint density at radius 2 is 2.30 bits per heavy atom. The molecular formula is C14H20N2O4. The van der Waals surface area contributed by atoms with E-state index in [2.05, 4.69) is 11.8 Å². The van der Waals surface area contributed by atoms with Gasteiger partial charge in [0.25, 0.3) is 5.69 Å². The third-order valence-electron chi connectivity index (χ3n) is 3.99. The maximum atomic E-state index is 10.9. The van der Waals surface area contributed by atoms with E-state index in [0.29, 0.717) is 11.5 Å². The van der Waals surface area contributed by atoms with Gasteiger partial charge in [0.05, 0.1) is 23.2 Å². The molecule has 0 aliphatic carbocycles. The van der Waals surface area contributed by atoms with Gasteiger partial charge < -0.3 is 14.7 Å². The Labute approximate surface area is 118 Å². The zero-order valence-electron chi connectivity index (χ0n) is 11.8. The highest BCUT2D eigenvalue weighted by Gasteiger charge is 2.27. The molecule has 110 valence electrons. The molecule has 6 heteroatoms. The first-order valence-corrected chi connectivity index (χ1v) is 6.72. The van der Waals surface area contributed by atoms with Crippen molar-refractivity contribution in [1.29, 1.82) is 0 Å². The first kappa shape index (κ1) is 14.7. The minimum Gasteiger partial charge on any atom is -0.391 e. The highest BCUT2D eigenvalue weighted by atomic mass is 16.6. The minimum atomic E-state index is -0.467. The lowest BCUT2D eigenvalue weighted by Crippen LogP contribution is -2.43. The number of hydrogen-bond acceptors (Lipinski definition) is 5. The van der Waals surface area contributed by atoms with Gasteiger partial charge in [-0.25, -0.2) is 0 Å². The first-order chi connectivity index (χ1) is 9.56. The number of benzene rings is 1. The first-order valence-electron chi connectivity index (χ1n) is 6.72. The molecule has 1 aromatic rings. The Kier molecular flexibility index (Phi) is 4.57. The second-order valence-electron chi connectivity index (χ2n) is 5.21. The third-order valence-corrected chi connectivity index (χ3v) is 3.99. The summed E-state index contributed by atoms with van der Waals surface area (Å²) in [6, 6.07) is 4.89. The molecule has 1 aliphatic heterocycles. The molecular weight excluding hydrogens is 260 g/mol. The molecule has 1 N–H and O–H groups in total. The van der Waals surface area contributed by atoms with E-state index in [-0.39, 0.29) is 18.4 Å². The van der Waals surface area contributed by atoms with Gasteiger partial charge in [-0.1, -0.05) is 6.92 Å². The average Bonchev–Trinajstić information content (AvgIpc) is 2.46. The van der Waals surface area contributed by atoms with Gasteiger partial charge in [0.15, 0.2) is 0 Å². The summed E-state index contributed by atoms with van der Waals surface area (Å²) in [5.74, 6) is 0.506. The standard InChI is InChI=1S/C14H20N2O4/c1-10-5-6-15(8-14(10)20-2)12-3-4-13(16(18)19)11(7-12)9-17/h3-4,7,10,14,17H,5-6,8-9H2,1-2H3. The quantitative estimate of drug-likeness (QED) is 0.674. The topological polar surface area (TPSA) is 75.8 Å². The van der Waals surface area contributed by atoms with Crippen LogP contribution < -0.4 is 4.90 Å². The highest BCUT2D eigenvalue weighted by molar-refractivity contribution is 5.56. The Morgan fingerprint density at radius 1 is 1.55 bits per heavy atom. The summed E-state index contributed by atoms with van der Waals surface area (Å²) in [6.45, 7) is 3.49. The summed E-state index contributed by atoms with van der Waals surface area (Å²) in [5.41, 5.74) is 1.21. The van der Waals surface area contributed by atoms with Crippen molar-refractivity contribution in [3.05, 3.63) is 33.9 Å². The number of aliphatic hydroxyl groups is 1. The molecule has 20 heavy (non-hydrogen) atoms. The van der Waals surface area contributed by atoms with Crippen LogP contribution in [0.2, 0.25) is 0 Å². The van der Waals surface area contributed by atoms with Crippen LogP contribution in [0.25, 0.3) is 0 Å². The zero-order chi connectivity index (χ0) is 14.7. The number of aliphatic hydroxyl groups excluding tert-OH is 1. The van der Waals surface area contributed by atoms with Crippen LogP contribution in [0.3, 0.4) is 0 Å². The van der Waals surface area contributed by atoms with Gasteiger partial charge in [0, 0.05) is 32.0 Å². The predicted molar refractivity (Wildman–Crippen MR) is 75.8 cm³/mol. The van der Waals surface area contributed by atoms with Crippen LogP contribution in [0, 0.1) is 16.0 Å². The molecule has 0 saturated carbocycles. The van der Waals surface area contributed by atoms with Crippen LogP contribution in [-0.2, 0) is 11.3 Å². The van der Waals surface area contributed by atoms with Gasteiger partial charge >= 0.3 is 0 Å². The molecule has 0 spiro atoms. The number of ether oxygens (including phenoxy) is 1. The van der Waals surface area contributed by atoms with Gasteiger partial charge in [-0.2, -0.15) is 0 Å². The highest BCUT2D eigenvalue weighted by Crippen LogP contribution is 2.29. The number of anilines is 1. The van der Waals surface area contributed by atoms with Crippen molar-refractivity contribution in [2.75, 3.05) is 25.1 Å². The number of hydrogen-bond donors (Lipinski definition) is 1. The van der Waals surface area contributed by atoms with Crippen molar-refractivity contribution >= 4 is 11.4 Å². The summed E-state index contributed by atoms with van der Waals surface area (Å²) in [6.07, 6.45) is 1.18. The maximum Gasteiger partial charge on any atom is 0.275 e. The minimum absolute atomic E-state index is 0.0371. The monoisotopic (exact) mass is 280 g/mol. The van der Waals surface area contributed by atoms with E-state index in [0.717, 1.165) is 25.2 Å². The summed E-state index contributed by atoms with van der Waals surface area (Å²) in [4.78, 5) is 12.6. The smallest absolute Gasteiger partial charge is 0.275 e. The molecule has 6 nitrogen and oxygen atoms in total. The Morgan fingerprint density at radius 3 is 2.90 bits per heavy atom. The molecule has 2 atom stereocenters. The lowest BCUT2D eigenvalue weighted by atomic mass is 9.95. The number of nitro benzene ring substituents is 1. The summed E-state index contributed by atoms with van der Waals surface area (Å²) in [7, 11) is 1.71. The van der Waals surface area contributed by atoms with E-state index in [1.807, 2.05) is 0 Å². The SMILES string of the molecule is COC1CN(c2ccc([N+](=O)[O-])c(CO)c2)CCC1C. The fourth-order valence-electron chi connectivity index (χ4n) is 2.65. The molecule has 1 aromatic carbocycles. The zero-order valence-corrected chi connectivity index (χ0v) is 11.8. The van der Waals surface area contributed by atoms with Gasteiger partial charge in [0.2, 0.25) is 0 Å². The molecule has 1 aliphatic rings. The largest absolute Gasteiger partial charge is 0.391 e. The third kappa shape index (κ3) is 2.91. The van der Waals surface area contributed by atoms with Crippen molar-refractivity contribution in [1.82, 2.24) is 0 Å². The fourth-order valence-corrected chi connectivity index (χ4v) is 2.65. The van der Waals surface area contributed by atoms with E-state index >= 15 is 0 Å². The molecule has 2 rings (SSSR count). The number of nitrogens with zero attached hydrogens (tertiary/aromatic N) is 2. The van der Waals surface area contributed by atoms with E-state index in [1.165, 1.54) is 6.07 Å². The number of piperidine rings is 1. The number of nitro groups is 1. The molecule has 1 fully saturated rings. The van der Waals surface area contributed by atoms with Crippen LogP contribution in [0.15, 0.2) is 18.2 Å². The molecule has 0 bridgehead atoms. The summed E-state index contributed by atoms with van der Waals surface area (Å²) in [5, 5.41) is 20.2. The lowest BCUT2D eigenvalue weighted by Gasteiger charge is -2.37. The second kappa shape index (κ2) is 6.19. The second-order valence-corrected chi connectivity index (χ2v) is 5.21. The lowest BCUT2D eigenvalue weighted by molar-refractivity contribution is -0.385. The number of rotatable bonds is 4. The average molecular weight is 280 g/mol. The van der Waals surface area contributed by atoms with Crippen LogP contribution in [0.5, 0.6) is 0 Å². The van der Waals surface area contributed by atoms with Crippen LogP contribution in [0.4, 0.5) is 11.4 Å². The van der Waals surface area contributed by atoms with Crippen LogP contribution >= 0.6 is 0 Å². The molecule has 1 heterocycles. The van der Waals surface area contributed by atoms with Crippen LogP contribution in [-0.4, -0.2) is 36.3 Å². The van der Waals surface area contributed by atoms with Crippen molar-refractivity contribution in [2.45, 2.75) is 26.1 Å². The van der Waals surface area contributed by atoms with Gasteiger partial charge in [-0.3, -0.25) is 10.1 Å². The van der Waals surface area contributed by atoms with E-state index < -0.39 is 4.92 Å². The predicted octanol–water partition coefficient (Wildman–Crippen LogP) is 1.95. The van der Waals surface area contributed by atoms with E-state index in [9.17, 15) is 15.2 Å². The van der Waals surface area contributed by atoms with E-state index in [1.54, 1.807) is 19.2 Å². The van der Waals surface area contributed by atoms with Crippen molar-refractivity contribution < 1.29 is 14.8 Å². The van der Waals surface area contributed by atoms with Gasteiger partial charge in [-0.15, -0.1) is 0 Å². The van der Waals surface area contributed by atoms with Gasteiger partial charge in [0.1, 0.15) is 0 Å². The maximum absolute atomic E-state index is 10.9. The molecule has 2 unspecified atom stereocenters.